The first-order valence-corrected chi connectivity index (χ1v) is 12.9. The zero-order chi connectivity index (χ0) is 25.4. The summed E-state index contributed by atoms with van der Waals surface area (Å²) in [5.74, 6) is 0.188. The third kappa shape index (κ3) is 4.76. The van der Waals surface area contributed by atoms with Crippen LogP contribution >= 0.6 is 0 Å². The van der Waals surface area contributed by atoms with Crippen LogP contribution < -0.4 is 15.8 Å². The normalized spacial score (nSPS) is 17.6. The molecule has 1 saturated carbocycles. The summed E-state index contributed by atoms with van der Waals surface area (Å²) in [6, 6.07) is 15.4. The van der Waals surface area contributed by atoms with Gasteiger partial charge in [-0.2, -0.15) is 15.0 Å². The minimum Gasteiger partial charge on any atom is -0.480 e. The van der Waals surface area contributed by atoms with Crippen molar-refractivity contribution in [3.8, 4) is 23.1 Å². The first-order chi connectivity index (χ1) is 18.0. The van der Waals surface area contributed by atoms with Crippen molar-refractivity contribution in [2.45, 2.75) is 57.7 Å². The first-order valence-electron chi connectivity index (χ1n) is 12.9. The predicted molar refractivity (Wildman–Crippen MR) is 144 cm³/mol. The Morgan fingerprint density at radius 2 is 1.92 bits per heavy atom. The molecular formula is C29H32N6O2. The Bertz CT molecular complexity index is 1470. The van der Waals surface area contributed by atoms with Gasteiger partial charge in [-0.05, 0) is 66.8 Å². The summed E-state index contributed by atoms with van der Waals surface area (Å²) in [7, 11) is 0. The molecule has 0 radical (unpaired) electrons. The second kappa shape index (κ2) is 9.52. The highest BCUT2D eigenvalue weighted by atomic mass is 16.5. The molecule has 2 aromatic carbocycles. The molecule has 8 heteroatoms. The molecular weight excluding hydrogens is 464 g/mol. The molecule has 1 fully saturated rings. The van der Waals surface area contributed by atoms with Gasteiger partial charge in [-0.1, -0.05) is 54.6 Å². The number of imidazole rings is 1. The van der Waals surface area contributed by atoms with Crippen LogP contribution in [0.25, 0.3) is 22.3 Å². The topological polar surface area (TPSA) is 111 Å². The fourth-order valence-electron chi connectivity index (χ4n) is 5.13. The maximum atomic E-state index is 10.6. The zero-order valence-corrected chi connectivity index (χ0v) is 21.1. The van der Waals surface area contributed by atoms with Crippen molar-refractivity contribution in [2.24, 2.45) is 0 Å². The molecule has 1 aliphatic carbocycles. The van der Waals surface area contributed by atoms with Crippen LogP contribution in [0.15, 0.2) is 54.6 Å². The Morgan fingerprint density at radius 1 is 1.08 bits per heavy atom. The van der Waals surface area contributed by atoms with Crippen LogP contribution in [0.5, 0.6) is 12.0 Å². The van der Waals surface area contributed by atoms with E-state index in [2.05, 4.69) is 81.8 Å². The van der Waals surface area contributed by atoms with E-state index >= 15 is 0 Å². The summed E-state index contributed by atoms with van der Waals surface area (Å²) in [5.41, 5.74) is 13.2. The number of fused-ring (bicyclic) bond motifs is 3. The van der Waals surface area contributed by atoms with E-state index in [-0.39, 0.29) is 17.8 Å². The number of hydrogen-bond donors (Lipinski definition) is 3. The predicted octanol–water partition coefficient (Wildman–Crippen LogP) is 4.74. The summed E-state index contributed by atoms with van der Waals surface area (Å²) >= 11 is 0. The molecule has 1 aliphatic heterocycles. The minimum absolute atomic E-state index is 0.147. The Labute approximate surface area is 216 Å². The number of aromatic nitrogens is 4. The second-order valence-electron chi connectivity index (χ2n) is 10.3. The molecule has 0 spiro atoms. The molecule has 0 atom stereocenters. The molecule has 0 amide bonds. The van der Waals surface area contributed by atoms with Crippen LogP contribution in [0.4, 0.5) is 5.82 Å². The third-order valence-electron chi connectivity index (χ3n) is 7.55. The fraction of sp³-hybridized carbons (Fsp3) is 0.345. The first kappa shape index (κ1) is 23.5. The van der Waals surface area contributed by atoms with Gasteiger partial charge in [0, 0.05) is 12.1 Å². The van der Waals surface area contributed by atoms with Gasteiger partial charge in [-0.25, -0.2) is 0 Å². The van der Waals surface area contributed by atoms with Gasteiger partial charge in [-0.3, -0.25) is 4.57 Å². The number of nitrogens with one attached hydrogen (secondary N) is 1. The van der Waals surface area contributed by atoms with Crippen LogP contribution in [0.3, 0.4) is 0 Å². The number of nitrogens with two attached hydrogens (primary N) is 1. The van der Waals surface area contributed by atoms with E-state index in [9.17, 15) is 5.11 Å². The highest BCUT2D eigenvalue weighted by molar-refractivity contribution is 5.83. The molecule has 3 heterocycles. The highest BCUT2D eigenvalue weighted by Gasteiger charge is 2.30. The lowest BCUT2D eigenvalue weighted by Crippen LogP contribution is -2.47. The van der Waals surface area contributed by atoms with E-state index in [1.165, 1.54) is 41.5 Å². The van der Waals surface area contributed by atoms with E-state index in [0.29, 0.717) is 29.9 Å². The van der Waals surface area contributed by atoms with Crippen molar-refractivity contribution in [2.75, 3.05) is 12.3 Å². The number of hydrogen-bond acceptors (Lipinski definition) is 7. The molecule has 4 N–H and O–H groups in total. The molecule has 4 bridgehead atoms. The summed E-state index contributed by atoms with van der Waals surface area (Å²) in [6.45, 7) is 4.04. The largest absolute Gasteiger partial charge is 0.480 e. The second-order valence-corrected chi connectivity index (χ2v) is 10.3. The van der Waals surface area contributed by atoms with E-state index < -0.39 is 0 Å². The van der Waals surface area contributed by atoms with Crippen LogP contribution in [0, 0.1) is 0 Å². The number of nitrogens with zero attached hydrogens (tertiary/aromatic N) is 4. The number of anilines is 1. The Hall–Kier alpha value is -3.91. The number of aromatic hydroxyl groups is 1. The number of nitrogen functional groups attached to an aromatic ring is 1. The molecule has 190 valence electrons. The SMILES string of the molecule is CC1(NCc2ccc(-c3ccc4cc3C/C=C/CCOc3nc(N)c5nc(O)n(c5n3)C4)cc2)CCC1. The molecule has 0 unspecified atom stereocenters. The lowest BCUT2D eigenvalue weighted by Gasteiger charge is -2.39. The molecule has 4 aromatic rings. The van der Waals surface area contributed by atoms with Crippen LogP contribution in [-0.2, 0) is 19.5 Å². The van der Waals surface area contributed by atoms with Gasteiger partial charge < -0.3 is 20.9 Å². The summed E-state index contributed by atoms with van der Waals surface area (Å²) < 4.78 is 7.37. The van der Waals surface area contributed by atoms with Crippen molar-refractivity contribution in [3.63, 3.8) is 0 Å². The van der Waals surface area contributed by atoms with Crippen molar-refractivity contribution in [3.05, 3.63) is 71.3 Å². The Morgan fingerprint density at radius 3 is 2.70 bits per heavy atom. The van der Waals surface area contributed by atoms with Gasteiger partial charge in [0.15, 0.2) is 17.0 Å². The monoisotopic (exact) mass is 496 g/mol. The van der Waals surface area contributed by atoms with Crippen molar-refractivity contribution in [1.29, 1.82) is 0 Å². The van der Waals surface area contributed by atoms with Gasteiger partial charge in [-0.15, -0.1) is 0 Å². The smallest absolute Gasteiger partial charge is 0.320 e. The van der Waals surface area contributed by atoms with Gasteiger partial charge in [0.25, 0.3) is 6.01 Å². The Kier molecular flexibility index (Phi) is 6.04. The molecule has 37 heavy (non-hydrogen) atoms. The average molecular weight is 497 g/mol. The fourth-order valence-corrected chi connectivity index (χ4v) is 5.13. The van der Waals surface area contributed by atoms with Crippen molar-refractivity contribution < 1.29 is 9.84 Å². The number of ether oxygens (including phenoxy) is 1. The molecule has 6 rings (SSSR count). The van der Waals surface area contributed by atoms with Crippen LogP contribution in [0.2, 0.25) is 0 Å². The van der Waals surface area contributed by atoms with E-state index in [4.69, 9.17) is 10.5 Å². The molecule has 2 aliphatic rings. The summed E-state index contributed by atoms with van der Waals surface area (Å²) in [6.07, 6.45) is 9.65. The van der Waals surface area contributed by atoms with Crippen molar-refractivity contribution in [1.82, 2.24) is 24.8 Å². The van der Waals surface area contributed by atoms with Gasteiger partial charge in [0.05, 0.1) is 13.2 Å². The maximum absolute atomic E-state index is 10.6. The average Bonchev–Trinajstić information content (AvgIpc) is 3.19. The molecule has 8 nitrogen and oxygen atoms in total. The van der Waals surface area contributed by atoms with Gasteiger partial charge >= 0.3 is 6.01 Å². The van der Waals surface area contributed by atoms with Crippen LogP contribution in [0.1, 0.15) is 49.3 Å². The van der Waals surface area contributed by atoms with Gasteiger partial charge in [0.1, 0.15) is 0 Å². The van der Waals surface area contributed by atoms with E-state index in [0.717, 1.165) is 24.9 Å². The van der Waals surface area contributed by atoms with E-state index in [1.807, 2.05) is 0 Å². The molecule has 2 aromatic heterocycles. The standard InChI is InChI=1S/C29H32N6O2/c1-29(13-5-14-29)31-17-19-7-10-21(11-8-19)23-12-9-20-16-22(23)6-3-2-4-15-37-27-33-25(30)24-26(34-27)35(18-20)28(36)32-24/h2-3,7-12,16,31H,4-6,13-15,17-18H2,1H3,(H,32,36)(H2,30,33,34)/b3-2+. The third-order valence-corrected chi connectivity index (χ3v) is 7.55. The lowest BCUT2D eigenvalue weighted by molar-refractivity contribution is 0.207. The van der Waals surface area contributed by atoms with Crippen LogP contribution in [-0.4, -0.2) is 36.8 Å². The van der Waals surface area contributed by atoms with Crippen molar-refractivity contribution >= 4 is 17.0 Å². The highest BCUT2D eigenvalue weighted by Crippen LogP contribution is 2.32. The zero-order valence-electron chi connectivity index (χ0n) is 21.1. The summed E-state index contributed by atoms with van der Waals surface area (Å²) in [4.78, 5) is 12.9. The summed E-state index contributed by atoms with van der Waals surface area (Å²) in [5, 5.41) is 14.3. The maximum Gasteiger partial charge on any atom is 0.320 e. The van der Waals surface area contributed by atoms with E-state index in [1.54, 1.807) is 4.57 Å². The Balaban J connectivity index is 1.32. The number of allylic oxidation sites excluding steroid dienone is 1. The number of benzene rings is 2. The lowest BCUT2D eigenvalue weighted by atomic mass is 9.78. The number of rotatable bonds is 4. The molecule has 0 saturated heterocycles. The quantitative estimate of drug-likeness (QED) is 0.350. The van der Waals surface area contributed by atoms with Gasteiger partial charge in [0.2, 0.25) is 0 Å². The minimum atomic E-state index is -0.147.